The highest BCUT2D eigenvalue weighted by atomic mass is 35.5. The lowest BCUT2D eigenvalue weighted by Gasteiger charge is -2.41. The Hall–Kier alpha value is -1.49. The minimum atomic E-state index is -0.251. The van der Waals surface area contributed by atoms with Gasteiger partial charge in [0.05, 0.1) is 11.5 Å². The van der Waals surface area contributed by atoms with Crippen molar-refractivity contribution in [3.63, 3.8) is 0 Å². The summed E-state index contributed by atoms with van der Waals surface area (Å²) in [5.41, 5.74) is 2.09. The van der Waals surface area contributed by atoms with Gasteiger partial charge in [-0.1, -0.05) is 31.2 Å². The highest BCUT2D eigenvalue weighted by Gasteiger charge is 2.28. The number of benzene rings is 2. The van der Waals surface area contributed by atoms with Gasteiger partial charge in [0.25, 0.3) is 0 Å². The molecule has 0 amide bonds. The largest absolute Gasteiger partial charge is 0.290 e. The monoisotopic (exact) mass is 364 g/mol. The van der Waals surface area contributed by atoms with Crippen LogP contribution in [0.4, 0.5) is 8.78 Å². The van der Waals surface area contributed by atoms with Crippen LogP contribution in [0.5, 0.6) is 0 Å². The summed E-state index contributed by atoms with van der Waals surface area (Å²) in [6, 6.07) is 13.2. The van der Waals surface area contributed by atoms with Gasteiger partial charge < -0.3 is 0 Å². The molecule has 0 saturated carbocycles. The van der Waals surface area contributed by atoms with Crippen LogP contribution in [0.2, 0.25) is 0 Å². The Balaban J connectivity index is 1.84. The lowest BCUT2D eigenvalue weighted by atomic mass is 9.96. The van der Waals surface area contributed by atoms with Crippen molar-refractivity contribution >= 4 is 11.6 Å². The molecule has 2 aromatic carbocycles. The Morgan fingerprint density at radius 2 is 1.20 bits per heavy atom. The molecule has 0 bridgehead atoms. The van der Waals surface area contributed by atoms with Gasteiger partial charge in [0.15, 0.2) is 0 Å². The van der Waals surface area contributed by atoms with Crippen molar-refractivity contribution in [2.24, 2.45) is 0 Å². The normalized spacial score (nSPS) is 17.8. The summed E-state index contributed by atoms with van der Waals surface area (Å²) in [6.07, 6.45) is 0.918. The fourth-order valence-corrected chi connectivity index (χ4v) is 3.63. The maximum Gasteiger partial charge on any atom is 0.123 e. The van der Waals surface area contributed by atoms with Crippen molar-refractivity contribution in [3.05, 3.63) is 71.3 Å². The Morgan fingerprint density at radius 1 is 0.800 bits per heavy atom. The fraction of sp³-hybridized carbons (Fsp3) is 0.400. The molecule has 2 nitrogen and oxygen atoms in total. The van der Waals surface area contributed by atoms with Gasteiger partial charge in [-0.05, 0) is 41.8 Å². The molecule has 2 aromatic rings. The molecule has 0 radical (unpaired) electrons. The molecule has 25 heavy (non-hydrogen) atoms. The number of alkyl halides is 1. The predicted octanol–water partition coefficient (Wildman–Crippen LogP) is 4.65. The molecule has 1 aliphatic heterocycles. The first kappa shape index (κ1) is 18.3. The van der Waals surface area contributed by atoms with Gasteiger partial charge in [-0.15, -0.1) is 11.6 Å². The minimum absolute atomic E-state index is 0.0150. The smallest absolute Gasteiger partial charge is 0.123 e. The Kier molecular flexibility index (Phi) is 6.05. The highest BCUT2D eigenvalue weighted by molar-refractivity contribution is 6.20. The van der Waals surface area contributed by atoms with E-state index in [1.807, 2.05) is 24.3 Å². The Bertz CT molecular complexity index is 622. The summed E-state index contributed by atoms with van der Waals surface area (Å²) in [5, 5.41) is 0. The van der Waals surface area contributed by atoms with Crippen molar-refractivity contribution in [1.29, 1.82) is 0 Å². The molecule has 0 N–H and O–H groups in total. The summed E-state index contributed by atoms with van der Waals surface area (Å²) in [4.78, 5) is 4.64. The SMILES string of the molecule is CCC(Cl)N1CCN(C(c2ccc(F)cc2)c2ccc(F)cc2)CC1. The summed E-state index contributed by atoms with van der Waals surface area (Å²) in [6.45, 7) is 5.59. The van der Waals surface area contributed by atoms with Gasteiger partial charge in [-0.25, -0.2) is 8.78 Å². The molecule has 1 fully saturated rings. The molecular formula is C20H23ClF2N2. The third-order valence-electron chi connectivity index (χ3n) is 4.82. The van der Waals surface area contributed by atoms with Gasteiger partial charge in [0.1, 0.15) is 11.6 Å². The average molecular weight is 365 g/mol. The molecule has 0 aliphatic carbocycles. The second-order valence-corrected chi connectivity index (χ2v) is 6.92. The third kappa shape index (κ3) is 4.38. The van der Waals surface area contributed by atoms with Gasteiger partial charge in [0, 0.05) is 26.2 Å². The van der Waals surface area contributed by atoms with E-state index in [9.17, 15) is 8.78 Å². The van der Waals surface area contributed by atoms with Gasteiger partial charge in [-0.3, -0.25) is 9.80 Å². The van der Waals surface area contributed by atoms with Crippen LogP contribution >= 0.6 is 11.6 Å². The van der Waals surface area contributed by atoms with Crippen LogP contribution in [0.25, 0.3) is 0 Å². The van der Waals surface area contributed by atoms with E-state index in [4.69, 9.17) is 11.6 Å². The fourth-order valence-electron chi connectivity index (χ4n) is 3.44. The first-order valence-electron chi connectivity index (χ1n) is 8.71. The summed E-state index contributed by atoms with van der Waals surface area (Å²) >= 11 is 6.36. The van der Waals surface area contributed by atoms with Crippen molar-refractivity contribution in [2.75, 3.05) is 26.2 Å². The second-order valence-electron chi connectivity index (χ2n) is 6.42. The van der Waals surface area contributed by atoms with E-state index in [0.717, 1.165) is 43.7 Å². The van der Waals surface area contributed by atoms with E-state index < -0.39 is 0 Å². The molecular weight excluding hydrogens is 342 g/mol. The van der Waals surface area contributed by atoms with Crippen LogP contribution in [-0.4, -0.2) is 41.5 Å². The van der Waals surface area contributed by atoms with E-state index in [-0.39, 0.29) is 23.2 Å². The van der Waals surface area contributed by atoms with E-state index in [0.29, 0.717) is 0 Å². The van der Waals surface area contributed by atoms with E-state index in [1.54, 1.807) is 0 Å². The van der Waals surface area contributed by atoms with Crippen LogP contribution in [0, 0.1) is 11.6 Å². The summed E-state index contributed by atoms with van der Waals surface area (Å²) < 4.78 is 26.7. The first-order valence-corrected chi connectivity index (χ1v) is 9.15. The number of rotatable bonds is 5. The zero-order chi connectivity index (χ0) is 17.8. The lowest BCUT2D eigenvalue weighted by Crippen LogP contribution is -2.49. The average Bonchev–Trinajstić information content (AvgIpc) is 2.65. The molecule has 3 rings (SSSR count). The molecule has 1 aliphatic rings. The zero-order valence-electron chi connectivity index (χ0n) is 14.3. The molecule has 0 spiro atoms. The van der Waals surface area contributed by atoms with Crippen molar-refractivity contribution in [1.82, 2.24) is 9.80 Å². The maximum absolute atomic E-state index is 13.3. The molecule has 1 atom stereocenters. The molecule has 1 saturated heterocycles. The molecule has 5 heteroatoms. The zero-order valence-corrected chi connectivity index (χ0v) is 15.1. The Morgan fingerprint density at radius 3 is 1.60 bits per heavy atom. The minimum Gasteiger partial charge on any atom is -0.290 e. The van der Waals surface area contributed by atoms with Crippen LogP contribution in [-0.2, 0) is 0 Å². The summed E-state index contributed by atoms with van der Waals surface area (Å²) in [5.74, 6) is -0.501. The molecule has 1 heterocycles. The third-order valence-corrected chi connectivity index (χ3v) is 5.40. The van der Waals surface area contributed by atoms with E-state index in [1.165, 1.54) is 24.3 Å². The van der Waals surface area contributed by atoms with Crippen LogP contribution in [0.15, 0.2) is 48.5 Å². The van der Waals surface area contributed by atoms with Crippen LogP contribution in [0.1, 0.15) is 30.5 Å². The van der Waals surface area contributed by atoms with Gasteiger partial charge >= 0.3 is 0 Å². The number of hydrogen-bond acceptors (Lipinski definition) is 2. The molecule has 0 aromatic heterocycles. The number of hydrogen-bond donors (Lipinski definition) is 0. The van der Waals surface area contributed by atoms with E-state index in [2.05, 4.69) is 16.7 Å². The van der Waals surface area contributed by atoms with E-state index >= 15 is 0 Å². The van der Waals surface area contributed by atoms with Crippen molar-refractivity contribution in [3.8, 4) is 0 Å². The van der Waals surface area contributed by atoms with Gasteiger partial charge in [0.2, 0.25) is 0 Å². The summed E-state index contributed by atoms with van der Waals surface area (Å²) in [7, 11) is 0. The number of halogens is 3. The maximum atomic E-state index is 13.3. The Labute approximate surface area is 153 Å². The predicted molar refractivity (Wildman–Crippen MR) is 97.7 cm³/mol. The molecule has 134 valence electrons. The van der Waals surface area contributed by atoms with Crippen molar-refractivity contribution < 1.29 is 8.78 Å². The van der Waals surface area contributed by atoms with Crippen LogP contribution < -0.4 is 0 Å². The first-order chi connectivity index (χ1) is 12.1. The standard InChI is InChI=1S/C20H23ClF2N2/c1-2-19(21)24-11-13-25(14-12-24)20(15-3-7-17(22)8-4-15)16-5-9-18(23)10-6-16/h3-10,19-20H,2,11-14H2,1H3. The highest BCUT2D eigenvalue weighted by Crippen LogP contribution is 2.30. The second kappa shape index (κ2) is 8.26. The quantitative estimate of drug-likeness (QED) is 0.563. The number of nitrogens with zero attached hydrogens (tertiary/aromatic N) is 2. The topological polar surface area (TPSA) is 6.48 Å². The van der Waals surface area contributed by atoms with Gasteiger partial charge in [-0.2, -0.15) is 0 Å². The lowest BCUT2D eigenvalue weighted by molar-refractivity contribution is 0.0993. The van der Waals surface area contributed by atoms with Crippen molar-refractivity contribution in [2.45, 2.75) is 24.9 Å². The van der Waals surface area contributed by atoms with Crippen LogP contribution in [0.3, 0.4) is 0 Å². The number of piperazine rings is 1. The molecule has 1 unspecified atom stereocenters.